The van der Waals surface area contributed by atoms with Crippen molar-refractivity contribution in [3.05, 3.63) is 39.9 Å². The Hall–Kier alpha value is -2.74. The maximum atomic E-state index is 11.1. The van der Waals surface area contributed by atoms with Crippen molar-refractivity contribution in [1.82, 2.24) is 9.78 Å². The quantitative estimate of drug-likeness (QED) is 0.473. The number of carbonyl (C=O) groups excluding carboxylic acids is 1. The average Bonchev–Trinajstić information content (AvgIpc) is 2.76. The predicted octanol–water partition coefficient (Wildman–Crippen LogP) is 0.845. The Morgan fingerprint density at radius 1 is 1.50 bits per heavy atom. The molecule has 1 aromatic carbocycles. The summed E-state index contributed by atoms with van der Waals surface area (Å²) in [6, 6.07) is 5.77. The largest absolute Gasteiger partial charge is 0.394 e. The molecule has 0 aliphatic carbocycles. The van der Waals surface area contributed by atoms with Crippen molar-refractivity contribution in [2.24, 2.45) is 0 Å². The summed E-state index contributed by atoms with van der Waals surface area (Å²) in [6.07, 6.45) is 0.546. The number of anilines is 1. The van der Waals surface area contributed by atoms with Gasteiger partial charge in [0.15, 0.2) is 6.29 Å². The van der Waals surface area contributed by atoms with E-state index in [4.69, 9.17) is 10.8 Å². The molecular formula is C12H12N4O4. The van der Waals surface area contributed by atoms with E-state index in [9.17, 15) is 14.9 Å². The molecule has 0 spiro atoms. The van der Waals surface area contributed by atoms with Gasteiger partial charge >= 0.3 is 0 Å². The van der Waals surface area contributed by atoms with Gasteiger partial charge in [0.25, 0.3) is 5.69 Å². The minimum absolute atomic E-state index is 0.102. The maximum Gasteiger partial charge on any atom is 0.270 e. The van der Waals surface area contributed by atoms with Crippen LogP contribution >= 0.6 is 0 Å². The molecule has 0 amide bonds. The third kappa shape index (κ3) is 2.36. The van der Waals surface area contributed by atoms with Crippen molar-refractivity contribution < 1.29 is 14.8 Å². The maximum absolute atomic E-state index is 11.1. The number of nitrogens with two attached hydrogens (primary N) is 1. The first-order chi connectivity index (χ1) is 9.58. The number of nitro groups is 1. The van der Waals surface area contributed by atoms with Crippen LogP contribution in [-0.2, 0) is 6.54 Å². The van der Waals surface area contributed by atoms with Gasteiger partial charge in [-0.05, 0) is 0 Å². The Morgan fingerprint density at radius 2 is 2.25 bits per heavy atom. The van der Waals surface area contributed by atoms with Crippen LogP contribution in [0.25, 0.3) is 11.3 Å². The summed E-state index contributed by atoms with van der Waals surface area (Å²) in [5.74, 6) is 0.121. The number of aliphatic hydroxyl groups excluding tert-OH is 1. The molecule has 104 valence electrons. The van der Waals surface area contributed by atoms with Crippen molar-refractivity contribution in [2.75, 3.05) is 12.3 Å². The van der Waals surface area contributed by atoms with Gasteiger partial charge in [0.05, 0.1) is 23.6 Å². The lowest BCUT2D eigenvalue weighted by Gasteiger charge is -1.99. The highest BCUT2D eigenvalue weighted by Gasteiger charge is 2.18. The fourth-order valence-corrected chi connectivity index (χ4v) is 1.85. The molecule has 0 saturated carbocycles. The summed E-state index contributed by atoms with van der Waals surface area (Å²) in [7, 11) is 0. The molecule has 8 heteroatoms. The first-order valence-electron chi connectivity index (χ1n) is 5.75. The van der Waals surface area contributed by atoms with Gasteiger partial charge < -0.3 is 10.8 Å². The van der Waals surface area contributed by atoms with Crippen LogP contribution in [0.15, 0.2) is 24.3 Å². The highest BCUT2D eigenvalue weighted by molar-refractivity contribution is 5.91. The highest BCUT2D eigenvalue weighted by atomic mass is 16.6. The van der Waals surface area contributed by atoms with E-state index in [1.807, 2.05) is 0 Å². The zero-order valence-electron chi connectivity index (χ0n) is 10.4. The Bertz CT molecular complexity index is 665. The number of aromatic nitrogens is 2. The van der Waals surface area contributed by atoms with Crippen LogP contribution in [0, 0.1) is 10.1 Å². The van der Waals surface area contributed by atoms with Crippen LogP contribution in [0.5, 0.6) is 0 Å². The van der Waals surface area contributed by atoms with Crippen LogP contribution < -0.4 is 5.73 Å². The second kappa shape index (κ2) is 5.49. The van der Waals surface area contributed by atoms with Crippen molar-refractivity contribution in [3.63, 3.8) is 0 Å². The van der Waals surface area contributed by atoms with Crippen LogP contribution in [0.3, 0.4) is 0 Å². The first-order valence-corrected chi connectivity index (χ1v) is 5.75. The first kappa shape index (κ1) is 13.7. The lowest BCUT2D eigenvalue weighted by molar-refractivity contribution is -0.384. The standard InChI is InChI=1S/C12H12N4O4/c13-12-10(7-18)11(14-15(12)4-5-17)8-2-1-3-9(6-8)16(19)20/h1-3,6-7,17H,4-5,13H2. The zero-order chi connectivity index (χ0) is 14.7. The number of aldehydes is 1. The molecule has 0 aliphatic heterocycles. The molecule has 0 unspecified atom stereocenters. The van der Waals surface area contributed by atoms with Gasteiger partial charge in [-0.15, -0.1) is 0 Å². The van der Waals surface area contributed by atoms with E-state index in [0.29, 0.717) is 11.8 Å². The van der Waals surface area contributed by atoms with E-state index in [-0.39, 0.29) is 35.9 Å². The molecule has 0 saturated heterocycles. The van der Waals surface area contributed by atoms with Crippen LogP contribution in [-0.4, -0.2) is 32.7 Å². The third-order valence-corrected chi connectivity index (χ3v) is 2.79. The molecule has 0 radical (unpaired) electrons. The Morgan fingerprint density at radius 3 is 2.85 bits per heavy atom. The van der Waals surface area contributed by atoms with E-state index in [0.717, 1.165) is 0 Å². The minimum Gasteiger partial charge on any atom is -0.394 e. The van der Waals surface area contributed by atoms with Crippen molar-refractivity contribution >= 4 is 17.8 Å². The molecule has 1 heterocycles. The average molecular weight is 276 g/mol. The predicted molar refractivity (Wildman–Crippen MR) is 71.2 cm³/mol. The van der Waals surface area contributed by atoms with Gasteiger partial charge in [-0.1, -0.05) is 12.1 Å². The number of hydrogen-bond donors (Lipinski definition) is 2. The van der Waals surface area contributed by atoms with Crippen molar-refractivity contribution in [1.29, 1.82) is 0 Å². The number of benzene rings is 1. The lowest BCUT2D eigenvalue weighted by atomic mass is 10.1. The second-order valence-electron chi connectivity index (χ2n) is 4.02. The topological polar surface area (TPSA) is 124 Å². The summed E-state index contributed by atoms with van der Waals surface area (Å²) in [4.78, 5) is 21.4. The van der Waals surface area contributed by atoms with E-state index >= 15 is 0 Å². The van der Waals surface area contributed by atoms with E-state index < -0.39 is 4.92 Å². The van der Waals surface area contributed by atoms with Crippen LogP contribution in [0.2, 0.25) is 0 Å². The summed E-state index contributed by atoms with van der Waals surface area (Å²) in [5, 5.41) is 23.8. The number of carbonyl (C=O) groups is 1. The lowest BCUT2D eigenvalue weighted by Crippen LogP contribution is -2.08. The number of nitrogens with zero attached hydrogens (tertiary/aromatic N) is 3. The smallest absolute Gasteiger partial charge is 0.270 e. The van der Waals surface area contributed by atoms with E-state index in [1.165, 1.54) is 22.9 Å². The van der Waals surface area contributed by atoms with Crippen molar-refractivity contribution in [2.45, 2.75) is 6.54 Å². The molecule has 3 N–H and O–H groups in total. The molecule has 1 aromatic heterocycles. The number of non-ortho nitro benzene ring substituents is 1. The molecule has 0 atom stereocenters. The minimum atomic E-state index is -0.530. The van der Waals surface area contributed by atoms with Gasteiger partial charge in [0.2, 0.25) is 0 Å². The van der Waals surface area contributed by atoms with E-state index in [2.05, 4.69) is 5.10 Å². The van der Waals surface area contributed by atoms with Gasteiger partial charge in [0, 0.05) is 17.7 Å². The molecule has 2 aromatic rings. The number of nitrogen functional groups attached to an aromatic ring is 1. The summed E-state index contributed by atoms with van der Waals surface area (Å²) in [5.41, 5.74) is 6.49. The SMILES string of the molecule is Nc1c(C=O)c(-c2cccc([N+](=O)[O-])c2)nn1CCO. The monoisotopic (exact) mass is 276 g/mol. The number of nitro benzene ring substituents is 1. The fourth-order valence-electron chi connectivity index (χ4n) is 1.85. The van der Waals surface area contributed by atoms with Crippen LogP contribution in [0.1, 0.15) is 10.4 Å². The number of hydrogen-bond acceptors (Lipinski definition) is 6. The molecule has 0 fully saturated rings. The van der Waals surface area contributed by atoms with Crippen molar-refractivity contribution in [3.8, 4) is 11.3 Å². The third-order valence-electron chi connectivity index (χ3n) is 2.79. The van der Waals surface area contributed by atoms with Gasteiger partial charge in [0.1, 0.15) is 11.5 Å². The van der Waals surface area contributed by atoms with E-state index in [1.54, 1.807) is 6.07 Å². The normalized spacial score (nSPS) is 10.4. The van der Waals surface area contributed by atoms with Crippen LogP contribution in [0.4, 0.5) is 11.5 Å². The van der Waals surface area contributed by atoms with Gasteiger partial charge in [-0.2, -0.15) is 5.10 Å². The number of aliphatic hydroxyl groups is 1. The molecule has 0 bridgehead atoms. The highest BCUT2D eigenvalue weighted by Crippen LogP contribution is 2.28. The molecule has 0 aliphatic rings. The fraction of sp³-hybridized carbons (Fsp3) is 0.167. The molecule has 8 nitrogen and oxygen atoms in total. The molecule has 20 heavy (non-hydrogen) atoms. The summed E-state index contributed by atoms with van der Waals surface area (Å²) < 4.78 is 1.29. The Balaban J connectivity index is 2.57. The summed E-state index contributed by atoms with van der Waals surface area (Å²) >= 11 is 0. The Kier molecular flexibility index (Phi) is 3.76. The number of rotatable bonds is 5. The Labute approximate surface area is 113 Å². The molecular weight excluding hydrogens is 264 g/mol. The summed E-state index contributed by atoms with van der Waals surface area (Å²) in [6.45, 7) is -0.0415. The second-order valence-corrected chi connectivity index (χ2v) is 4.02. The zero-order valence-corrected chi connectivity index (χ0v) is 10.4. The van der Waals surface area contributed by atoms with Gasteiger partial charge in [-0.25, -0.2) is 4.68 Å². The molecule has 2 rings (SSSR count). The van der Waals surface area contributed by atoms with Gasteiger partial charge in [-0.3, -0.25) is 14.9 Å².